The van der Waals surface area contributed by atoms with Crippen molar-refractivity contribution < 1.29 is 0 Å². The lowest BCUT2D eigenvalue weighted by Gasteiger charge is -2.09. The third-order valence-electron chi connectivity index (χ3n) is 4.29. The summed E-state index contributed by atoms with van der Waals surface area (Å²) >= 11 is 0. The van der Waals surface area contributed by atoms with Crippen LogP contribution in [0, 0.1) is 0 Å². The quantitative estimate of drug-likeness (QED) is 0.564. The smallest absolute Gasteiger partial charge is 0.00177 e. The molecule has 98 valence electrons. The van der Waals surface area contributed by atoms with Gasteiger partial charge in [-0.25, -0.2) is 0 Å². The van der Waals surface area contributed by atoms with Gasteiger partial charge < -0.3 is 0 Å². The first-order valence-electron chi connectivity index (χ1n) is 7.46. The third kappa shape index (κ3) is 2.53. The highest BCUT2D eigenvalue weighted by Gasteiger charge is 2.25. The zero-order valence-corrected chi connectivity index (χ0v) is 12.4. The van der Waals surface area contributed by atoms with Crippen molar-refractivity contribution >= 4 is 0 Å². The molecule has 0 radical (unpaired) electrons. The fourth-order valence-electron chi connectivity index (χ4n) is 3.08. The van der Waals surface area contributed by atoms with Crippen molar-refractivity contribution in [2.24, 2.45) is 0 Å². The van der Waals surface area contributed by atoms with Gasteiger partial charge in [0.15, 0.2) is 0 Å². The number of rotatable bonds is 5. The molecule has 0 aromatic rings. The Kier molecular flexibility index (Phi) is 4.27. The Morgan fingerprint density at radius 3 is 2.61 bits per heavy atom. The van der Waals surface area contributed by atoms with Crippen LogP contribution < -0.4 is 0 Å². The molecule has 0 atom stereocenters. The minimum atomic E-state index is 1.18. The fourth-order valence-corrected chi connectivity index (χ4v) is 3.08. The van der Waals surface area contributed by atoms with Gasteiger partial charge in [-0.1, -0.05) is 50.0 Å². The average Bonchev–Trinajstić information content (AvgIpc) is 2.88. The molecule has 0 aliphatic heterocycles. The molecule has 0 N–H and O–H groups in total. The monoisotopic (exact) mass is 242 g/mol. The van der Waals surface area contributed by atoms with E-state index in [0.717, 1.165) is 0 Å². The molecule has 0 spiro atoms. The van der Waals surface area contributed by atoms with Gasteiger partial charge in [-0.2, -0.15) is 0 Å². The SMILES string of the molecule is CCCC=C(C)C1=CC2=C(C1)C(C)=C(CCC)C2. The van der Waals surface area contributed by atoms with Gasteiger partial charge in [-0.15, -0.1) is 0 Å². The Balaban J connectivity index is 2.06. The van der Waals surface area contributed by atoms with Crippen molar-refractivity contribution in [1.82, 2.24) is 0 Å². The van der Waals surface area contributed by atoms with Crippen LogP contribution >= 0.6 is 0 Å². The predicted octanol–water partition coefficient (Wildman–Crippen LogP) is 5.88. The summed E-state index contributed by atoms with van der Waals surface area (Å²) in [6.07, 6.45) is 12.3. The lowest BCUT2D eigenvalue weighted by Crippen LogP contribution is -1.89. The summed E-state index contributed by atoms with van der Waals surface area (Å²) in [7, 11) is 0. The second-order valence-electron chi connectivity index (χ2n) is 5.68. The van der Waals surface area contributed by atoms with E-state index in [2.05, 4.69) is 39.8 Å². The lowest BCUT2D eigenvalue weighted by molar-refractivity contribution is 0.871. The standard InChI is InChI=1S/C18H26/c1-5-7-9-13(3)16-11-17-10-15(8-6-2)14(4)18(17)12-16/h9,11H,5-8,10,12H2,1-4H3. The van der Waals surface area contributed by atoms with E-state index >= 15 is 0 Å². The van der Waals surface area contributed by atoms with Gasteiger partial charge in [-0.3, -0.25) is 0 Å². The van der Waals surface area contributed by atoms with E-state index in [1.165, 1.54) is 44.1 Å². The zero-order valence-electron chi connectivity index (χ0n) is 12.4. The normalized spacial score (nSPS) is 19.8. The summed E-state index contributed by atoms with van der Waals surface area (Å²) in [6, 6.07) is 0. The minimum absolute atomic E-state index is 1.18. The third-order valence-corrected chi connectivity index (χ3v) is 4.29. The largest absolute Gasteiger partial charge is 0.0813 e. The maximum atomic E-state index is 2.46. The van der Waals surface area contributed by atoms with E-state index < -0.39 is 0 Å². The van der Waals surface area contributed by atoms with Crippen molar-refractivity contribution in [3.05, 3.63) is 45.6 Å². The number of hydrogen-bond donors (Lipinski definition) is 0. The van der Waals surface area contributed by atoms with Crippen LogP contribution in [0.1, 0.15) is 66.2 Å². The highest BCUT2D eigenvalue weighted by molar-refractivity contribution is 5.59. The molecule has 0 bridgehead atoms. The van der Waals surface area contributed by atoms with Gasteiger partial charge in [0.1, 0.15) is 0 Å². The molecule has 0 aromatic carbocycles. The molecule has 0 unspecified atom stereocenters. The maximum Gasteiger partial charge on any atom is -0.00177 e. The van der Waals surface area contributed by atoms with Crippen LogP contribution in [0.15, 0.2) is 45.6 Å². The molecular weight excluding hydrogens is 216 g/mol. The Morgan fingerprint density at radius 2 is 2.00 bits per heavy atom. The van der Waals surface area contributed by atoms with Crippen LogP contribution in [0.3, 0.4) is 0 Å². The van der Waals surface area contributed by atoms with Crippen molar-refractivity contribution in [2.45, 2.75) is 66.2 Å². The van der Waals surface area contributed by atoms with Crippen molar-refractivity contribution in [1.29, 1.82) is 0 Å². The van der Waals surface area contributed by atoms with Crippen molar-refractivity contribution in [3.63, 3.8) is 0 Å². The van der Waals surface area contributed by atoms with Crippen LogP contribution in [0.5, 0.6) is 0 Å². The molecule has 2 aliphatic rings. The van der Waals surface area contributed by atoms with Crippen LogP contribution in [-0.2, 0) is 0 Å². The topological polar surface area (TPSA) is 0 Å². The van der Waals surface area contributed by atoms with Crippen molar-refractivity contribution in [2.75, 3.05) is 0 Å². The maximum absolute atomic E-state index is 2.46. The molecule has 2 rings (SSSR count). The lowest BCUT2D eigenvalue weighted by atomic mass is 9.97. The average molecular weight is 242 g/mol. The highest BCUT2D eigenvalue weighted by atomic mass is 14.3. The fraction of sp³-hybridized carbons (Fsp3) is 0.556. The highest BCUT2D eigenvalue weighted by Crippen LogP contribution is 2.44. The Hall–Kier alpha value is -1.04. The molecule has 0 nitrogen and oxygen atoms in total. The van der Waals surface area contributed by atoms with Gasteiger partial charge in [-0.05, 0) is 61.8 Å². The summed E-state index contributed by atoms with van der Waals surface area (Å²) in [5.74, 6) is 0. The zero-order chi connectivity index (χ0) is 13.1. The minimum Gasteiger partial charge on any atom is -0.0813 e. The van der Waals surface area contributed by atoms with E-state index in [9.17, 15) is 0 Å². The molecule has 0 heteroatoms. The summed E-state index contributed by atoms with van der Waals surface area (Å²) in [5, 5.41) is 0. The molecule has 0 saturated carbocycles. The summed E-state index contributed by atoms with van der Waals surface area (Å²) in [5.41, 5.74) is 9.58. The predicted molar refractivity (Wildman–Crippen MR) is 80.6 cm³/mol. The first-order valence-corrected chi connectivity index (χ1v) is 7.46. The molecule has 0 aromatic heterocycles. The van der Waals surface area contributed by atoms with Crippen LogP contribution in [-0.4, -0.2) is 0 Å². The Bertz CT molecular complexity index is 452. The summed E-state index contributed by atoms with van der Waals surface area (Å²) in [4.78, 5) is 0. The van der Waals surface area contributed by atoms with Gasteiger partial charge in [0.25, 0.3) is 0 Å². The Morgan fingerprint density at radius 1 is 1.22 bits per heavy atom. The molecule has 0 fully saturated rings. The van der Waals surface area contributed by atoms with E-state index in [0.29, 0.717) is 0 Å². The molecule has 18 heavy (non-hydrogen) atoms. The van der Waals surface area contributed by atoms with Gasteiger partial charge in [0.2, 0.25) is 0 Å². The second kappa shape index (κ2) is 5.73. The first-order chi connectivity index (χ1) is 8.67. The summed E-state index contributed by atoms with van der Waals surface area (Å²) in [6.45, 7) is 9.13. The summed E-state index contributed by atoms with van der Waals surface area (Å²) < 4.78 is 0. The van der Waals surface area contributed by atoms with Crippen LogP contribution in [0.25, 0.3) is 0 Å². The van der Waals surface area contributed by atoms with Gasteiger partial charge in [0.05, 0.1) is 0 Å². The second-order valence-corrected chi connectivity index (χ2v) is 5.68. The van der Waals surface area contributed by atoms with Gasteiger partial charge >= 0.3 is 0 Å². The van der Waals surface area contributed by atoms with Crippen molar-refractivity contribution in [3.8, 4) is 0 Å². The number of allylic oxidation sites excluding steroid dienone is 8. The van der Waals surface area contributed by atoms with Crippen LogP contribution in [0.4, 0.5) is 0 Å². The molecule has 0 amide bonds. The molecule has 0 heterocycles. The molecule has 0 saturated heterocycles. The number of hydrogen-bond acceptors (Lipinski definition) is 0. The van der Waals surface area contributed by atoms with E-state index in [4.69, 9.17) is 0 Å². The molecular formula is C18H26. The first kappa shape index (κ1) is 13.4. The molecule has 2 aliphatic carbocycles. The van der Waals surface area contributed by atoms with E-state index in [1.54, 1.807) is 27.9 Å². The van der Waals surface area contributed by atoms with E-state index in [1.807, 2.05) is 0 Å². The Labute approximate surface area is 112 Å². The van der Waals surface area contributed by atoms with Crippen LogP contribution in [0.2, 0.25) is 0 Å². The number of unbranched alkanes of at least 4 members (excludes halogenated alkanes) is 1. The van der Waals surface area contributed by atoms with E-state index in [-0.39, 0.29) is 0 Å². The van der Waals surface area contributed by atoms with Gasteiger partial charge in [0, 0.05) is 0 Å².